The summed E-state index contributed by atoms with van der Waals surface area (Å²) in [6, 6.07) is 21.6. The van der Waals surface area contributed by atoms with E-state index in [-0.39, 0.29) is 69.4 Å². The second-order valence-electron chi connectivity index (χ2n) is 5.21. The molecule has 0 aliphatic heterocycles. The van der Waals surface area contributed by atoms with Gasteiger partial charge in [-0.25, -0.2) is 12.2 Å². The number of hydrogen-bond donors (Lipinski definition) is 0. The van der Waals surface area contributed by atoms with Gasteiger partial charge in [0.05, 0.1) is 0 Å². The molecule has 0 atom stereocenters. The number of rotatable bonds is 1. The van der Waals surface area contributed by atoms with E-state index in [1.165, 1.54) is 27.5 Å². The Morgan fingerprint density at radius 1 is 0.929 bits per heavy atom. The van der Waals surface area contributed by atoms with Crippen molar-refractivity contribution in [2.45, 2.75) is 27.2 Å². The molecule has 0 amide bonds. The van der Waals surface area contributed by atoms with Crippen LogP contribution in [0.1, 0.15) is 25.8 Å². The Hall–Kier alpha value is -0.790. The number of halogens is 2. The van der Waals surface area contributed by atoms with Crippen molar-refractivity contribution >= 4 is 46.6 Å². The van der Waals surface area contributed by atoms with Crippen LogP contribution < -0.4 is 0 Å². The molecule has 0 bridgehead atoms. The normalized spacial score (nSPS) is 9.54. The van der Waals surface area contributed by atoms with Crippen LogP contribution in [0.5, 0.6) is 0 Å². The summed E-state index contributed by atoms with van der Waals surface area (Å²) < 4.78 is 0. The topological polar surface area (TPSA) is 0 Å². The van der Waals surface area contributed by atoms with Crippen LogP contribution in [0.4, 0.5) is 0 Å². The molecule has 0 saturated heterocycles. The molecule has 0 heterocycles. The Bertz CT molecular complexity index is 783. The molecular weight excluding hydrogens is 478 g/mol. The fourth-order valence-electron chi connectivity index (χ4n) is 2.59. The molecule has 5 radical (unpaired) electrons. The van der Waals surface area contributed by atoms with Gasteiger partial charge in [-0.05, 0) is 5.56 Å². The first-order valence-corrected chi connectivity index (χ1v) is 8.28. The van der Waals surface area contributed by atoms with E-state index >= 15 is 0 Å². The third-order valence-electron chi connectivity index (χ3n) is 3.57. The summed E-state index contributed by atoms with van der Waals surface area (Å²) in [6.45, 7) is 6.15. The van der Waals surface area contributed by atoms with Crippen LogP contribution in [-0.2, 0) is 26.2 Å². The third kappa shape index (κ3) is 10.1. The fourth-order valence-corrected chi connectivity index (χ4v) is 2.59. The molecule has 0 N–H and O–H groups in total. The van der Waals surface area contributed by atoms with Crippen LogP contribution >= 0.6 is 24.8 Å². The minimum Gasteiger partial charge on any atom is -0.358 e. The van der Waals surface area contributed by atoms with Gasteiger partial charge in [0.2, 0.25) is 0 Å². The van der Waals surface area contributed by atoms with Gasteiger partial charge >= 0.3 is 26.2 Å². The maximum absolute atomic E-state index is 2.99. The summed E-state index contributed by atoms with van der Waals surface area (Å²) in [5, 5.41) is 2.69. The molecule has 4 rings (SSSR count). The summed E-state index contributed by atoms with van der Waals surface area (Å²) in [5.41, 5.74) is 3.95. The maximum atomic E-state index is 2.99. The van der Waals surface area contributed by atoms with Gasteiger partial charge < -0.3 is 7.43 Å². The van der Waals surface area contributed by atoms with Gasteiger partial charge in [-0.1, -0.05) is 62.7 Å². The molecule has 0 saturated carbocycles. The van der Waals surface area contributed by atoms with Crippen molar-refractivity contribution < 1.29 is 26.2 Å². The first kappa shape index (κ1) is 34.7. The van der Waals surface area contributed by atoms with Crippen LogP contribution in [0.25, 0.3) is 21.9 Å². The minimum atomic E-state index is 0. The van der Waals surface area contributed by atoms with E-state index in [0.717, 1.165) is 6.42 Å². The predicted octanol–water partition coefficient (Wildman–Crippen LogP) is 7.78. The summed E-state index contributed by atoms with van der Waals surface area (Å²) in [5.74, 6) is 0. The largest absolute Gasteiger partial charge is 3.00 e. The number of fused-ring (bicyclic) bond motifs is 1. The standard InChI is InChI=1S/C16H13.C5H5.C2H6.CH3.2ClH.Si.Zr/c1-12-10-14-8-5-9-15(16(14)11-12)13-6-3-2-4-7-13;1-2-4-5-3-1;1-2;;;;;/h2-11H,1H3;1-3H,4H2;1-2H3;1H3;2*1H;;/q2*-1;;-1;;;;+3. The molecule has 3 aromatic carbocycles. The van der Waals surface area contributed by atoms with E-state index in [2.05, 4.69) is 79.7 Å². The van der Waals surface area contributed by atoms with Gasteiger partial charge in [0.25, 0.3) is 0 Å². The van der Waals surface area contributed by atoms with E-state index in [1.54, 1.807) is 0 Å². The van der Waals surface area contributed by atoms with Gasteiger partial charge in [0.1, 0.15) is 0 Å². The summed E-state index contributed by atoms with van der Waals surface area (Å²) in [4.78, 5) is 0. The molecule has 4 heteroatoms. The van der Waals surface area contributed by atoms with Crippen LogP contribution in [-0.4, -0.2) is 11.0 Å². The van der Waals surface area contributed by atoms with Crippen LogP contribution in [0, 0.1) is 20.4 Å². The zero-order valence-electron chi connectivity index (χ0n) is 17.0. The first-order chi connectivity index (χ1) is 11.3. The summed E-state index contributed by atoms with van der Waals surface area (Å²) in [7, 11) is 0. The molecule has 147 valence electrons. The van der Waals surface area contributed by atoms with Crippen molar-refractivity contribution in [2.75, 3.05) is 0 Å². The minimum absolute atomic E-state index is 0. The summed E-state index contributed by atoms with van der Waals surface area (Å²) in [6.07, 6.45) is 10.0. The molecule has 3 aromatic rings. The van der Waals surface area contributed by atoms with Gasteiger partial charge in [-0.2, -0.15) is 12.1 Å². The maximum Gasteiger partial charge on any atom is 3.00 e. The second kappa shape index (κ2) is 19.5. The van der Waals surface area contributed by atoms with Gasteiger partial charge in [0.15, 0.2) is 0 Å². The van der Waals surface area contributed by atoms with E-state index in [0.29, 0.717) is 0 Å². The smallest absolute Gasteiger partial charge is 0.358 e. The van der Waals surface area contributed by atoms with Crippen molar-refractivity contribution in [1.29, 1.82) is 0 Å². The molecule has 0 nitrogen and oxygen atoms in total. The SMILES string of the molecule is CC.Cc1cc2c(-c3ccccc3)cccc2[cH-]1.Cl.Cl.[C-]1=CC=CC1.[CH3-].[Si].[Zr+3]. The molecule has 0 unspecified atom stereocenters. The molecule has 28 heavy (non-hydrogen) atoms. The Balaban J connectivity index is -0.000000211. The van der Waals surface area contributed by atoms with E-state index in [1.807, 2.05) is 26.0 Å². The summed E-state index contributed by atoms with van der Waals surface area (Å²) >= 11 is 0. The monoisotopic (exact) mass is 505 g/mol. The molecule has 1 aliphatic rings. The number of aryl methyl sites for hydroxylation is 1. The molecule has 0 fully saturated rings. The van der Waals surface area contributed by atoms with Crippen molar-refractivity contribution in [3.05, 3.63) is 98.0 Å². The van der Waals surface area contributed by atoms with Gasteiger partial charge in [-0.3, -0.25) is 6.08 Å². The van der Waals surface area contributed by atoms with Crippen molar-refractivity contribution in [2.24, 2.45) is 0 Å². The fraction of sp³-hybridized carbons (Fsp3) is 0.167. The zero-order chi connectivity index (χ0) is 16.5. The van der Waals surface area contributed by atoms with Crippen LogP contribution in [0.15, 0.2) is 78.9 Å². The number of allylic oxidation sites excluding steroid dienone is 4. The quantitative estimate of drug-likeness (QED) is 0.233. The third-order valence-corrected chi connectivity index (χ3v) is 3.57. The Kier molecular flexibility index (Phi) is 24.2. The van der Waals surface area contributed by atoms with Crippen LogP contribution in [0.3, 0.4) is 0 Å². The second-order valence-corrected chi connectivity index (χ2v) is 5.21. The van der Waals surface area contributed by atoms with E-state index in [4.69, 9.17) is 0 Å². The van der Waals surface area contributed by atoms with Gasteiger partial charge in [-0.15, -0.1) is 65.8 Å². The predicted molar refractivity (Wildman–Crippen MR) is 129 cm³/mol. The molecule has 1 aliphatic carbocycles. The Labute approximate surface area is 207 Å². The Morgan fingerprint density at radius 2 is 1.57 bits per heavy atom. The average Bonchev–Trinajstić information content (AvgIpc) is 3.29. The van der Waals surface area contributed by atoms with Crippen molar-refractivity contribution in [3.63, 3.8) is 0 Å². The number of benzene rings is 2. The first-order valence-electron chi connectivity index (χ1n) is 8.28. The Morgan fingerprint density at radius 3 is 2.07 bits per heavy atom. The van der Waals surface area contributed by atoms with E-state index in [9.17, 15) is 0 Å². The number of hydrogen-bond acceptors (Lipinski definition) is 0. The molecule has 0 aromatic heterocycles. The molecular formula is C24H29Cl2SiZr. The van der Waals surface area contributed by atoms with Crippen LogP contribution in [0.2, 0.25) is 0 Å². The zero-order valence-corrected chi connectivity index (χ0v) is 22.1. The van der Waals surface area contributed by atoms with E-state index < -0.39 is 0 Å². The van der Waals surface area contributed by atoms with Crippen molar-refractivity contribution in [1.82, 2.24) is 0 Å². The van der Waals surface area contributed by atoms with Gasteiger partial charge in [0, 0.05) is 11.0 Å². The van der Waals surface area contributed by atoms with Crippen molar-refractivity contribution in [3.8, 4) is 11.1 Å². The average molecular weight is 508 g/mol. The molecule has 0 spiro atoms.